The van der Waals surface area contributed by atoms with Gasteiger partial charge in [-0.1, -0.05) is 6.07 Å². The van der Waals surface area contributed by atoms with Crippen LogP contribution in [0.5, 0.6) is 0 Å². The number of urea groups is 1. The summed E-state index contributed by atoms with van der Waals surface area (Å²) in [6.45, 7) is 0. The molecule has 68 valence electrons. The maximum atomic E-state index is 10.7. The Morgan fingerprint density at radius 3 is 3.15 bits per heavy atom. The third kappa shape index (κ3) is 3.33. The summed E-state index contributed by atoms with van der Waals surface area (Å²) in [4.78, 5) is 14.5. The van der Waals surface area contributed by atoms with E-state index in [4.69, 9.17) is 0 Å². The summed E-state index contributed by atoms with van der Waals surface area (Å²) in [6.07, 6.45) is 4.83. The van der Waals surface area contributed by atoms with Gasteiger partial charge in [0.05, 0.1) is 6.21 Å². The van der Waals surface area contributed by atoms with Crippen LogP contribution in [-0.2, 0) is 0 Å². The van der Waals surface area contributed by atoms with E-state index in [0.29, 0.717) is 0 Å². The number of hydrogen-bond donors (Lipinski definition) is 2. The van der Waals surface area contributed by atoms with E-state index in [9.17, 15) is 4.79 Å². The van der Waals surface area contributed by atoms with E-state index in [-0.39, 0.29) is 6.03 Å². The van der Waals surface area contributed by atoms with Crippen LogP contribution in [0, 0.1) is 0 Å². The number of hydrazone groups is 1. The van der Waals surface area contributed by atoms with Crippen LogP contribution in [0.25, 0.3) is 0 Å². The number of amides is 2. The van der Waals surface area contributed by atoms with Crippen molar-refractivity contribution >= 4 is 12.2 Å². The summed E-state index contributed by atoms with van der Waals surface area (Å²) in [5.74, 6) is 0. The van der Waals surface area contributed by atoms with Crippen LogP contribution in [0.3, 0.4) is 0 Å². The molecule has 1 aromatic rings. The molecule has 2 amide bonds. The quantitative estimate of drug-likeness (QED) is 0.506. The van der Waals surface area contributed by atoms with Crippen molar-refractivity contribution in [2.24, 2.45) is 5.10 Å². The monoisotopic (exact) mass is 178 g/mol. The number of pyridine rings is 1. The molecule has 0 saturated heterocycles. The zero-order chi connectivity index (χ0) is 9.52. The zero-order valence-electron chi connectivity index (χ0n) is 7.19. The minimum atomic E-state index is -0.347. The van der Waals surface area contributed by atoms with Gasteiger partial charge in [-0.3, -0.25) is 4.98 Å². The molecule has 5 nitrogen and oxygen atoms in total. The number of nitrogens with zero attached hydrogens (tertiary/aromatic N) is 2. The summed E-state index contributed by atoms with van der Waals surface area (Å²) >= 11 is 0. The van der Waals surface area contributed by atoms with Crippen LogP contribution >= 0.6 is 0 Å². The maximum absolute atomic E-state index is 10.7. The first kappa shape index (κ1) is 9.18. The van der Waals surface area contributed by atoms with Gasteiger partial charge in [-0.15, -0.1) is 0 Å². The molecule has 1 aromatic heterocycles. The topological polar surface area (TPSA) is 66.4 Å². The molecule has 0 fully saturated rings. The summed E-state index contributed by atoms with van der Waals surface area (Å²) < 4.78 is 0. The highest BCUT2D eigenvalue weighted by Gasteiger charge is 1.89. The largest absolute Gasteiger partial charge is 0.340 e. The van der Waals surface area contributed by atoms with Gasteiger partial charge in [-0.2, -0.15) is 5.10 Å². The predicted octanol–water partition coefficient (Wildman–Crippen LogP) is 0.344. The van der Waals surface area contributed by atoms with Crippen molar-refractivity contribution in [2.75, 3.05) is 7.05 Å². The smallest absolute Gasteiger partial charge is 0.334 e. The summed E-state index contributed by atoms with van der Waals surface area (Å²) in [7, 11) is 1.52. The highest BCUT2D eigenvalue weighted by molar-refractivity contribution is 5.81. The standard InChI is InChI=1S/C8H10N4O/c1-9-8(13)12-11-6-7-3-2-4-10-5-7/h2-6H,1H3,(H2,9,12,13)/b11-6+. The summed E-state index contributed by atoms with van der Waals surface area (Å²) in [5.41, 5.74) is 3.10. The minimum Gasteiger partial charge on any atom is -0.340 e. The van der Waals surface area contributed by atoms with Gasteiger partial charge >= 0.3 is 6.03 Å². The van der Waals surface area contributed by atoms with Crippen LogP contribution in [0.2, 0.25) is 0 Å². The molecule has 0 aromatic carbocycles. The van der Waals surface area contributed by atoms with Crippen molar-refractivity contribution in [1.29, 1.82) is 0 Å². The number of aromatic nitrogens is 1. The Hall–Kier alpha value is -1.91. The van der Waals surface area contributed by atoms with Crippen LogP contribution in [0.1, 0.15) is 5.56 Å². The molecule has 2 N–H and O–H groups in total. The van der Waals surface area contributed by atoms with Crippen molar-refractivity contribution < 1.29 is 4.79 Å². The Bertz CT molecular complexity index is 296. The molecular weight excluding hydrogens is 168 g/mol. The highest BCUT2D eigenvalue weighted by atomic mass is 16.2. The second-order valence-corrected chi connectivity index (χ2v) is 2.24. The fourth-order valence-corrected chi connectivity index (χ4v) is 0.674. The van der Waals surface area contributed by atoms with Crippen molar-refractivity contribution in [2.45, 2.75) is 0 Å². The lowest BCUT2D eigenvalue weighted by molar-refractivity contribution is 0.243. The van der Waals surface area contributed by atoms with E-state index in [1.807, 2.05) is 6.07 Å². The third-order valence-corrected chi connectivity index (χ3v) is 1.29. The van der Waals surface area contributed by atoms with Crippen LogP contribution < -0.4 is 10.7 Å². The van der Waals surface area contributed by atoms with Crippen molar-refractivity contribution in [3.05, 3.63) is 30.1 Å². The number of hydrogen-bond acceptors (Lipinski definition) is 3. The SMILES string of the molecule is CNC(=O)N/N=C/c1cccnc1. The van der Waals surface area contributed by atoms with Gasteiger partial charge in [0.2, 0.25) is 0 Å². The van der Waals surface area contributed by atoms with Crippen LogP contribution in [0.15, 0.2) is 29.6 Å². The molecule has 0 unspecified atom stereocenters. The van der Waals surface area contributed by atoms with Gasteiger partial charge < -0.3 is 5.32 Å². The molecule has 0 atom stereocenters. The molecule has 0 radical (unpaired) electrons. The van der Waals surface area contributed by atoms with Crippen molar-refractivity contribution in [1.82, 2.24) is 15.7 Å². The van der Waals surface area contributed by atoms with Crippen LogP contribution in [0.4, 0.5) is 4.79 Å². The molecular formula is C8H10N4O. The number of nitrogens with one attached hydrogen (secondary N) is 2. The number of rotatable bonds is 2. The molecule has 0 aliphatic carbocycles. The predicted molar refractivity (Wildman–Crippen MR) is 49.4 cm³/mol. The Labute approximate surface area is 75.9 Å². The molecule has 0 spiro atoms. The van der Waals surface area contributed by atoms with Gasteiger partial charge in [0.15, 0.2) is 0 Å². The first-order chi connectivity index (χ1) is 6.33. The van der Waals surface area contributed by atoms with Crippen molar-refractivity contribution in [3.8, 4) is 0 Å². The molecule has 13 heavy (non-hydrogen) atoms. The molecule has 5 heteroatoms. The summed E-state index contributed by atoms with van der Waals surface area (Å²) in [6, 6.07) is 3.28. The summed E-state index contributed by atoms with van der Waals surface area (Å²) in [5, 5.41) is 6.06. The average molecular weight is 178 g/mol. The van der Waals surface area contributed by atoms with Crippen LogP contribution in [-0.4, -0.2) is 24.3 Å². The van der Waals surface area contributed by atoms with Gasteiger partial charge in [0, 0.05) is 25.0 Å². The Morgan fingerprint density at radius 2 is 2.54 bits per heavy atom. The van der Waals surface area contributed by atoms with E-state index >= 15 is 0 Å². The first-order valence-electron chi connectivity index (χ1n) is 3.74. The van der Waals surface area contributed by atoms with E-state index < -0.39 is 0 Å². The van der Waals surface area contributed by atoms with E-state index in [1.54, 1.807) is 18.5 Å². The van der Waals surface area contributed by atoms with Gasteiger partial charge in [0.25, 0.3) is 0 Å². The molecule has 0 aliphatic heterocycles. The minimum absolute atomic E-state index is 0.347. The molecule has 0 bridgehead atoms. The zero-order valence-corrected chi connectivity index (χ0v) is 7.19. The molecule has 0 aliphatic rings. The lowest BCUT2D eigenvalue weighted by Gasteiger charge is -1.95. The number of carbonyl (C=O) groups excluding carboxylic acids is 1. The van der Waals surface area contributed by atoms with Crippen molar-refractivity contribution in [3.63, 3.8) is 0 Å². The Kier molecular flexibility index (Phi) is 3.44. The third-order valence-electron chi connectivity index (χ3n) is 1.29. The normalized spacial score (nSPS) is 9.92. The average Bonchev–Trinajstić information content (AvgIpc) is 2.19. The lowest BCUT2D eigenvalue weighted by Crippen LogP contribution is -2.28. The number of carbonyl (C=O) groups is 1. The fraction of sp³-hybridized carbons (Fsp3) is 0.125. The highest BCUT2D eigenvalue weighted by Crippen LogP contribution is 1.89. The second-order valence-electron chi connectivity index (χ2n) is 2.24. The van der Waals surface area contributed by atoms with E-state index in [0.717, 1.165) is 5.56 Å². The Balaban J connectivity index is 2.45. The van der Waals surface area contributed by atoms with E-state index in [2.05, 4.69) is 20.8 Å². The maximum Gasteiger partial charge on any atom is 0.334 e. The van der Waals surface area contributed by atoms with Gasteiger partial charge in [-0.25, -0.2) is 10.2 Å². The Morgan fingerprint density at radius 1 is 1.69 bits per heavy atom. The molecule has 1 rings (SSSR count). The second kappa shape index (κ2) is 4.87. The first-order valence-corrected chi connectivity index (χ1v) is 3.74. The fourth-order valence-electron chi connectivity index (χ4n) is 0.674. The molecule has 0 saturated carbocycles. The van der Waals surface area contributed by atoms with Gasteiger partial charge in [0.1, 0.15) is 0 Å². The van der Waals surface area contributed by atoms with E-state index in [1.165, 1.54) is 13.3 Å². The van der Waals surface area contributed by atoms with Gasteiger partial charge in [-0.05, 0) is 6.07 Å². The lowest BCUT2D eigenvalue weighted by atomic mass is 10.3. The molecule has 1 heterocycles.